The van der Waals surface area contributed by atoms with Gasteiger partial charge in [0.15, 0.2) is 0 Å². The summed E-state index contributed by atoms with van der Waals surface area (Å²) in [6, 6.07) is 0.280. The lowest BCUT2D eigenvalue weighted by molar-refractivity contribution is -0.121. The Morgan fingerprint density at radius 1 is 1.50 bits per heavy atom. The van der Waals surface area contributed by atoms with Crippen LogP contribution in [0.1, 0.15) is 32.6 Å². The van der Waals surface area contributed by atoms with Gasteiger partial charge in [0.05, 0.1) is 0 Å². The molecule has 0 aromatic carbocycles. The normalized spacial score (nSPS) is 33.8. The lowest BCUT2D eigenvalue weighted by Crippen LogP contribution is -2.30. The summed E-state index contributed by atoms with van der Waals surface area (Å²) in [5, 5.41) is 0. The second-order valence-corrected chi connectivity index (χ2v) is 3.23. The van der Waals surface area contributed by atoms with E-state index in [4.69, 9.17) is 5.73 Å². The second kappa shape index (κ2) is 3.15. The van der Waals surface area contributed by atoms with Crippen LogP contribution in [0.25, 0.3) is 0 Å². The highest BCUT2D eigenvalue weighted by atomic mass is 16.1. The van der Waals surface area contributed by atoms with Crippen LogP contribution in [0.15, 0.2) is 0 Å². The number of Topliss-reactive ketones (excluding diaryl/α,β-unsaturated/α-hetero) is 1. The van der Waals surface area contributed by atoms with Crippen LogP contribution < -0.4 is 5.73 Å². The Morgan fingerprint density at radius 3 is 2.60 bits per heavy atom. The molecule has 0 aromatic heterocycles. The van der Waals surface area contributed by atoms with Gasteiger partial charge in [-0.1, -0.05) is 6.42 Å². The maximum absolute atomic E-state index is 10.9. The fourth-order valence-corrected chi connectivity index (χ4v) is 1.60. The van der Waals surface area contributed by atoms with Crippen LogP contribution in [0.4, 0.5) is 0 Å². The van der Waals surface area contributed by atoms with E-state index in [1.54, 1.807) is 6.92 Å². The first-order valence-corrected chi connectivity index (χ1v) is 3.96. The average molecular weight is 141 g/mol. The number of carbonyl (C=O) groups is 1. The molecule has 0 amide bonds. The smallest absolute Gasteiger partial charge is 0.132 e. The van der Waals surface area contributed by atoms with Gasteiger partial charge in [0.2, 0.25) is 0 Å². The van der Waals surface area contributed by atoms with Crippen LogP contribution in [-0.2, 0) is 4.79 Å². The van der Waals surface area contributed by atoms with E-state index < -0.39 is 0 Å². The predicted octanol–water partition coefficient (Wildman–Crippen LogP) is 1.09. The van der Waals surface area contributed by atoms with Crippen LogP contribution in [0.2, 0.25) is 0 Å². The summed E-state index contributed by atoms with van der Waals surface area (Å²) >= 11 is 0. The number of hydrogen-bond acceptors (Lipinski definition) is 2. The molecule has 0 heterocycles. The number of rotatable bonds is 1. The lowest BCUT2D eigenvalue weighted by atomic mass is 9.84. The van der Waals surface area contributed by atoms with Crippen molar-refractivity contribution in [2.45, 2.75) is 38.6 Å². The molecule has 10 heavy (non-hydrogen) atoms. The van der Waals surface area contributed by atoms with Gasteiger partial charge in [-0.3, -0.25) is 4.79 Å². The predicted molar refractivity (Wildman–Crippen MR) is 40.6 cm³/mol. The molecule has 0 saturated heterocycles. The molecule has 2 heteroatoms. The van der Waals surface area contributed by atoms with Crippen molar-refractivity contribution < 1.29 is 4.79 Å². The Balaban J connectivity index is 2.39. The highest BCUT2D eigenvalue weighted by molar-refractivity contribution is 5.78. The van der Waals surface area contributed by atoms with Crippen molar-refractivity contribution in [1.82, 2.24) is 0 Å². The Labute approximate surface area is 61.8 Å². The molecule has 1 fully saturated rings. The Morgan fingerprint density at radius 2 is 2.20 bits per heavy atom. The van der Waals surface area contributed by atoms with Gasteiger partial charge in [0, 0.05) is 12.0 Å². The Bertz CT molecular complexity index is 133. The molecule has 0 unspecified atom stereocenters. The monoisotopic (exact) mass is 141 g/mol. The topological polar surface area (TPSA) is 43.1 Å². The minimum Gasteiger partial charge on any atom is -0.328 e. The van der Waals surface area contributed by atoms with Gasteiger partial charge in [0.1, 0.15) is 5.78 Å². The second-order valence-electron chi connectivity index (χ2n) is 3.23. The maximum Gasteiger partial charge on any atom is 0.132 e. The third kappa shape index (κ3) is 1.81. The van der Waals surface area contributed by atoms with E-state index in [2.05, 4.69) is 0 Å². The van der Waals surface area contributed by atoms with E-state index in [1.807, 2.05) is 0 Å². The fourth-order valence-electron chi connectivity index (χ4n) is 1.60. The average Bonchev–Trinajstić information content (AvgIpc) is 1.88. The maximum atomic E-state index is 10.9. The van der Waals surface area contributed by atoms with E-state index in [-0.39, 0.29) is 12.0 Å². The highest BCUT2D eigenvalue weighted by Crippen LogP contribution is 2.23. The standard InChI is InChI=1S/C8H15NO/c1-6(10)7-3-2-4-8(9)5-7/h7-8H,2-5,9H2,1H3/t7-,8+/m1/s1. The van der Waals surface area contributed by atoms with Crippen molar-refractivity contribution >= 4 is 5.78 Å². The van der Waals surface area contributed by atoms with Gasteiger partial charge in [-0.2, -0.15) is 0 Å². The molecule has 1 rings (SSSR count). The molecule has 1 aliphatic carbocycles. The lowest BCUT2D eigenvalue weighted by Gasteiger charge is -2.24. The van der Waals surface area contributed by atoms with Crippen LogP contribution in [0, 0.1) is 5.92 Å². The van der Waals surface area contributed by atoms with Crippen molar-refractivity contribution in [3.8, 4) is 0 Å². The quantitative estimate of drug-likeness (QED) is 0.594. The zero-order chi connectivity index (χ0) is 7.56. The summed E-state index contributed by atoms with van der Waals surface area (Å²) in [5.74, 6) is 0.582. The molecule has 2 atom stereocenters. The summed E-state index contributed by atoms with van der Waals surface area (Å²) in [4.78, 5) is 10.9. The van der Waals surface area contributed by atoms with E-state index >= 15 is 0 Å². The summed E-state index contributed by atoms with van der Waals surface area (Å²) < 4.78 is 0. The van der Waals surface area contributed by atoms with E-state index in [0.29, 0.717) is 5.78 Å². The molecule has 2 nitrogen and oxygen atoms in total. The van der Waals surface area contributed by atoms with E-state index in [1.165, 1.54) is 0 Å². The largest absolute Gasteiger partial charge is 0.328 e. The summed E-state index contributed by atoms with van der Waals surface area (Å²) in [5.41, 5.74) is 5.71. The molecule has 0 spiro atoms. The van der Waals surface area contributed by atoms with Gasteiger partial charge in [-0.25, -0.2) is 0 Å². The van der Waals surface area contributed by atoms with Gasteiger partial charge >= 0.3 is 0 Å². The fraction of sp³-hybridized carbons (Fsp3) is 0.875. The van der Waals surface area contributed by atoms with Crippen LogP contribution in [0.3, 0.4) is 0 Å². The SMILES string of the molecule is CC(=O)[C@@H]1CCC[C@H](N)C1. The van der Waals surface area contributed by atoms with Crippen LogP contribution in [0.5, 0.6) is 0 Å². The van der Waals surface area contributed by atoms with Crippen molar-refractivity contribution in [1.29, 1.82) is 0 Å². The molecular formula is C8H15NO. The van der Waals surface area contributed by atoms with Crippen LogP contribution >= 0.6 is 0 Å². The number of carbonyl (C=O) groups excluding carboxylic acids is 1. The molecule has 1 aliphatic rings. The molecule has 0 radical (unpaired) electrons. The molecule has 0 aromatic rings. The minimum atomic E-state index is 0.267. The zero-order valence-corrected chi connectivity index (χ0v) is 6.47. The van der Waals surface area contributed by atoms with Crippen molar-refractivity contribution in [3.05, 3.63) is 0 Å². The van der Waals surface area contributed by atoms with E-state index in [9.17, 15) is 4.79 Å². The first kappa shape index (κ1) is 7.73. The summed E-state index contributed by atoms with van der Waals surface area (Å²) in [7, 11) is 0. The third-order valence-electron chi connectivity index (χ3n) is 2.29. The number of nitrogens with two attached hydrogens (primary N) is 1. The third-order valence-corrected chi connectivity index (χ3v) is 2.29. The minimum absolute atomic E-state index is 0.267. The molecule has 58 valence electrons. The molecule has 0 aliphatic heterocycles. The van der Waals surface area contributed by atoms with Gasteiger partial charge in [-0.05, 0) is 26.2 Å². The van der Waals surface area contributed by atoms with E-state index in [0.717, 1.165) is 25.7 Å². The zero-order valence-electron chi connectivity index (χ0n) is 6.47. The first-order valence-electron chi connectivity index (χ1n) is 3.96. The van der Waals surface area contributed by atoms with Crippen molar-refractivity contribution in [3.63, 3.8) is 0 Å². The van der Waals surface area contributed by atoms with Crippen molar-refractivity contribution in [2.24, 2.45) is 11.7 Å². The number of ketones is 1. The molecular weight excluding hydrogens is 126 g/mol. The Hall–Kier alpha value is -0.370. The number of hydrogen-bond donors (Lipinski definition) is 1. The van der Waals surface area contributed by atoms with Crippen molar-refractivity contribution in [2.75, 3.05) is 0 Å². The van der Waals surface area contributed by atoms with Crippen LogP contribution in [-0.4, -0.2) is 11.8 Å². The summed E-state index contributed by atoms with van der Waals surface area (Å²) in [6.45, 7) is 1.67. The first-order chi connectivity index (χ1) is 4.70. The van der Waals surface area contributed by atoms with Gasteiger partial charge in [0.25, 0.3) is 0 Å². The Kier molecular flexibility index (Phi) is 2.44. The molecule has 0 bridgehead atoms. The molecule has 1 saturated carbocycles. The molecule has 2 N–H and O–H groups in total. The van der Waals surface area contributed by atoms with Gasteiger partial charge in [-0.15, -0.1) is 0 Å². The summed E-state index contributed by atoms with van der Waals surface area (Å²) in [6.07, 6.45) is 4.20. The van der Waals surface area contributed by atoms with Gasteiger partial charge < -0.3 is 5.73 Å². The highest BCUT2D eigenvalue weighted by Gasteiger charge is 2.21.